The van der Waals surface area contributed by atoms with E-state index in [0.717, 1.165) is 12.7 Å². The van der Waals surface area contributed by atoms with E-state index in [9.17, 15) is 13.9 Å². The molecule has 3 rings (SSSR count). The van der Waals surface area contributed by atoms with Crippen LogP contribution < -0.4 is 0 Å². The number of hydrogen-bond donors (Lipinski definition) is 1. The van der Waals surface area contributed by atoms with Crippen molar-refractivity contribution >= 4 is 0 Å². The molecule has 1 atom stereocenters. The lowest BCUT2D eigenvalue weighted by molar-refractivity contribution is -0.0526. The van der Waals surface area contributed by atoms with Crippen LogP contribution >= 0.6 is 0 Å². The Morgan fingerprint density at radius 1 is 0.957 bits per heavy atom. The van der Waals surface area contributed by atoms with Crippen LogP contribution in [0.5, 0.6) is 0 Å². The average molecular weight is 315 g/mol. The number of aliphatic hydroxyl groups is 1. The van der Waals surface area contributed by atoms with Crippen molar-refractivity contribution in [1.29, 1.82) is 0 Å². The van der Waals surface area contributed by atoms with Gasteiger partial charge in [0.2, 0.25) is 0 Å². The van der Waals surface area contributed by atoms with E-state index in [1.807, 2.05) is 0 Å². The van der Waals surface area contributed by atoms with Gasteiger partial charge < -0.3 is 5.11 Å². The zero-order chi connectivity index (χ0) is 16.5. The van der Waals surface area contributed by atoms with Gasteiger partial charge in [-0.05, 0) is 18.1 Å². The summed E-state index contributed by atoms with van der Waals surface area (Å²) in [5.74, 6) is 0. The lowest BCUT2D eigenvalue weighted by atomic mass is 9.84. The summed E-state index contributed by atoms with van der Waals surface area (Å²) < 4.78 is 30.0. The van der Waals surface area contributed by atoms with Crippen molar-refractivity contribution in [3.05, 3.63) is 83.9 Å². The van der Waals surface area contributed by atoms with Crippen molar-refractivity contribution < 1.29 is 13.9 Å². The number of nitrogens with zero attached hydrogens (tertiary/aromatic N) is 3. The molecule has 0 aliphatic rings. The molecule has 0 saturated carbocycles. The van der Waals surface area contributed by atoms with Crippen LogP contribution in [0.15, 0.2) is 67.3 Å². The Kier molecular flexibility index (Phi) is 3.69. The Hall–Kier alpha value is -2.60. The molecule has 23 heavy (non-hydrogen) atoms. The highest BCUT2D eigenvalue weighted by atomic mass is 19.3. The quantitative estimate of drug-likeness (QED) is 0.805. The maximum atomic E-state index is 14.8. The molecule has 0 spiro atoms. The van der Waals surface area contributed by atoms with E-state index < -0.39 is 11.6 Å². The second-order valence-corrected chi connectivity index (χ2v) is 5.37. The SMILES string of the molecule is CC(O)(c1ccccc1)c1ccccc1C(F)(F)n1cncn1. The molecule has 0 radical (unpaired) electrons. The third-order valence-corrected chi connectivity index (χ3v) is 3.82. The predicted octanol–water partition coefficient (Wildman–Crippen LogP) is 3.13. The minimum absolute atomic E-state index is 0.117. The molecule has 2 aromatic carbocycles. The minimum Gasteiger partial charge on any atom is -0.381 e. The second kappa shape index (κ2) is 5.55. The molecular formula is C17H15F2N3O. The summed E-state index contributed by atoms with van der Waals surface area (Å²) in [4.78, 5) is 3.57. The van der Waals surface area contributed by atoms with Crippen LogP contribution in [0.4, 0.5) is 8.78 Å². The van der Waals surface area contributed by atoms with Crippen LogP contribution in [0.3, 0.4) is 0 Å². The molecule has 0 aliphatic carbocycles. The van der Waals surface area contributed by atoms with Crippen LogP contribution in [0.1, 0.15) is 23.6 Å². The van der Waals surface area contributed by atoms with Gasteiger partial charge in [0.1, 0.15) is 18.3 Å². The lowest BCUT2D eigenvalue weighted by Crippen LogP contribution is -2.32. The van der Waals surface area contributed by atoms with Crippen LogP contribution in [0.2, 0.25) is 0 Å². The molecule has 0 fully saturated rings. The van der Waals surface area contributed by atoms with Gasteiger partial charge in [-0.25, -0.2) is 4.98 Å². The van der Waals surface area contributed by atoms with E-state index in [4.69, 9.17) is 0 Å². The summed E-state index contributed by atoms with van der Waals surface area (Å²) >= 11 is 0. The highest BCUT2D eigenvalue weighted by molar-refractivity contribution is 5.42. The normalized spacial score (nSPS) is 14.4. The van der Waals surface area contributed by atoms with Gasteiger partial charge in [0.25, 0.3) is 0 Å². The third kappa shape index (κ3) is 2.61. The maximum Gasteiger partial charge on any atom is 0.372 e. The van der Waals surface area contributed by atoms with Crippen molar-refractivity contribution in [1.82, 2.24) is 14.8 Å². The highest BCUT2D eigenvalue weighted by Gasteiger charge is 2.41. The third-order valence-electron chi connectivity index (χ3n) is 3.82. The first-order chi connectivity index (χ1) is 10.9. The number of halogens is 2. The van der Waals surface area contributed by atoms with Crippen molar-refractivity contribution in [2.75, 3.05) is 0 Å². The van der Waals surface area contributed by atoms with Gasteiger partial charge in [-0.2, -0.15) is 18.6 Å². The van der Waals surface area contributed by atoms with E-state index in [2.05, 4.69) is 10.1 Å². The number of hydrogen-bond acceptors (Lipinski definition) is 3. The van der Waals surface area contributed by atoms with Crippen molar-refractivity contribution in [2.24, 2.45) is 0 Å². The van der Waals surface area contributed by atoms with E-state index >= 15 is 0 Å². The fourth-order valence-corrected chi connectivity index (χ4v) is 2.56. The van der Waals surface area contributed by atoms with Crippen molar-refractivity contribution in [3.8, 4) is 0 Å². The fraction of sp³-hybridized carbons (Fsp3) is 0.176. The second-order valence-electron chi connectivity index (χ2n) is 5.37. The summed E-state index contributed by atoms with van der Waals surface area (Å²) in [5, 5.41) is 14.5. The monoisotopic (exact) mass is 315 g/mol. The minimum atomic E-state index is -3.42. The summed E-state index contributed by atoms with van der Waals surface area (Å²) in [6.07, 6.45) is 2.00. The summed E-state index contributed by atoms with van der Waals surface area (Å²) in [5.41, 5.74) is -1.24. The van der Waals surface area contributed by atoms with Gasteiger partial charge in [0, 0.05) is 0 Å². The first kappa shape index (κ1) is 15.3. The van der Waals surface area contributed by atoms with Crippen molar-refractivity contribution in [2.45, 2.75) is 18.6 Å². The Morgan fingerprint density at radius 3 is 2.17 bits per heavy atom. The summed E-state index contributed by atoms with van der Waals surface area (Å²) in [7, 11) is 0. The Labute approximate surface area is 132 Å². The Balaban J connectivity index is 2.16. The largest absolute Gasteiger partial charge is 0.381 e. The van der Waals surface area contributed by atoms with Gasteiger partial charge in [-0.15, -0.1) is 0 Å². The van der Waals surface area contributed by atoms with E-state index in [0.29, 0.717) is 10.2 Å². The molecule has 1 N–H and O–H groups in total. The standard InChI is InChI=1S/C17H15F2N3O/c1-16(23,13-7-3-2-4-8-13)14-9-5-6-10-15(14)17(18,19)22-12-20-11-21-22/h2-12,23H,1H3. The van der Waals surface area contributed by atoms with Crippen LogP contribution in [-0.4, -0.2) is 19.9 Å². The average Bonchev–Trinajstić information content (AvgIpc) is 3.11. The molecule has 1 unspecified atom stereocenters. The van der Waals surface area contributed by atoms with Crippen LogP contribution in [0.25, 0.3) is 0 Å². The highest BCUT2D eigenvalue weighted by Crippen LogP contribution is 2.38. The summed E-state index contributed by atoms with van der Waals surface area (Å²) in [6.45, 7) is 1.50. The molecule has 0 aliphatic heterocycles. The van der Waals surface area contributed by atoms with E-state index in [-0.39, 0.29) is 11.1 Å². The molecule has 118 valence electrons. The fourth-order valence-electron chi connectivity index (χ4n) is 2.56. The lowest BCUT2D eigenvalue weighted by Gasteiger charge is -2.29. The molecule has 0 saturated heterocycles. The molecule has 1 aromatic heterocycles. The Morgan fingerprint density at radius 2 is 1.57 bits per heavy atom. The van der Waals surface area contributed by atoms with Gasteiger partial charge >= 0.3 is 6.05 Å². The molecule has 0 amide bonds. The maximum absolute atomic E-state index is 14.8. The zero-order valence-electron chi connectivity index (χ0n) is 12.4. The molecule has 4 nitrogen and oxygen atoms in total. The molecule has 3 aromatic rings. The van der Waals surface area contributed by atoms with Gasteiger partial charge in [0.05, 0.1) is 5.56 Å². The smallest absolute Gasteiger partial charge is 0.372 e. The molecular weight excluding hydrogens is 300 g/mol. The van der Waals surface area contributed by atoms with Crippen molar-refractivity contribution in [3.63, 3.8) is 0 Å². The topological polar surface area (TPSA) is 50.9 Å². The number of benzene rings is 2. The zero-order valence-corrected chi connectivity index (χ0v) is 12.4. The van der Waals surface area contributed by atoms with Crippen LogP contribution in [-0.2, 0) is 11.6 Å². The van der Waals surface area contributed by atoms with E-state index in [1.54, 1.807) is 36.4 Å². The summed E-state index contributed by atoms with van der Waals surface area (Å²) in [6, 6.07) is 11.2. The molecule has 1 heterocycles. The predicted molar refractivity (Wildman–Crippen MR) is 80.9 cm³/mol. The molecule has 0 bridgehead atoms. The Bertz CT molecular complexity index is 787. The van der Waals surface area contributed by atoms with Gasteiger partial charge in [-0.1, -0.05) is 54.6 Å². The first-order valence-electron chi connectivity index (χ1n) is 7.05. The van der Waals surface area contributed by atoms with Gasteiger partial charge in [-0.3, -0.25) is 0 Å². The van der Waals surface area contributed by atoms with E-state index in [1.165, 1.54) is 25.1 Å². The number of aromatic nitrogens is 3. The molecule has 6 heteroatoms. The van der Waals surface area contributed by atoms with Crippen LogP contribution in [0, 0.1) is 0 Å². The number of rotatable bonds is 4. The first-order valence-corrected chi connectivity index (χ1v) is 7.05. The number of alkyl halides is 2. The van der Waals surface area contributed by atoms with Gasteiger partial charge in [0.15, 0.2) is 0 Å².